The molecule has 0 aliphatic heterocycles. The Morgan fingerprint density at radius 3 is 2.67 bits per heavy atom. The molecule has 0 radical (unpaired) electrons. The maximum absolute atomic E-state index is 12.3. The van der Waals surface area contributed by atoms with E-state index in [0.717, 1.165) is 27.8 Å². The van der Waals surface area contributed by atoms with Crippen molar-refractivity contribution in [3.63, 3.8) is 0 Å². The van der Waals surface area contributed by atoms with Crippen molar-refractivity contribution < 1.29 is 9.53 Å². The van der Waals surface area contributed by atoms with E-state index in [1.807, 2.05) is 60.8 Å². The molecule has 0 saturated carbocycles. The maximum Gasteiger partial charge on any atom is 0.185 e. The maximum atomic E-state index is 12.3. The number of hydrogen-bond donors (Lipinski definition) is 1. The Balaban J connectivity index is 1.53. The number of carbonyl (C=O) groups is 1. The highest BCUT2D eigenvalue weighted by Crippen LogP contribution is 2.25. The van der Waals surface area contributed by atoms with Gasteiger partial charge in [-0.15, -0.1) is 0 Å². The number of aromatic nitrogens is 2. The summed E-state index contributed by atoms with van der Waals surface area (Å²) in [7, 11) is 0. The number of carbonyl (C=O) groups excluding carboxylic acids is 1. The molecule has 0 unspecified atom stereocenters. The van der Waals surface area contributed by atoms with E-state index in [1.165, 1.54) is 0 Å². The first-order chi connectivity index (χ1) is 13.3. The van der Waals surface area contributed by atoms with Gasteiger partial charge in [-0.05, 0) is 48.0 Å². The van der Waals surface area contributed by atoms with Crippen LogP contribution in [0.2, 0.25) is 0 Å². The molecule has 0 spiro atoms. The molecule has 2 heterocycles. The zero-order valence-electron chi connectivity index (χ0n) is 14.6. The van der Waals surface area contributed by atoms with Crippen molar-refractivity contribution in [1.82, 2.24) is 9.97 Å². The largest absolute Gasteiger partial charge is 0.489 e. The molecule has 132 valence electrons. The fraction of sp³-hybridized carbons (Fsp3) is 0.0435. The highest BCUT2D eigenvalue weighted by atomic mass is 16.5. The van der Waals surface area contributed by atoms with E-state index in [9.17, 15) is 4.79 Å². The van der Waals surface area contributed by atoms with Gasteiger partial charge < -0.3 is 9.72 Å². The van der Waals surface area contributed by atoms with Crippen LogP contribution in [0.4, 0.5) is 0 Å². The van der Waals surface area contributed by atoms with Crippen LogP contribution in [0.15, 0.2) is 85.3 Å². The minimum absolute atomic E-state index is 0.0526. The smallest absolute Gasteiger partial charge is 0.185 e. The second kappa shape index (κ2) is 7.70. The number of H-pyrrole nitrogens is 1. The van der Waals surface area contributed by atoms with Gasteiger partial charge in [0, 0.05) is 40.6 Å². The summed E-state index contributed by atoms with van der Waals surface area (Å²) < 4.78 is 5.91. The van der Waals surface area contributed by atoms with Gasteiger partial charge in [0.15, 0.2) is 5.78 Å². The summed E-state index contributed by atoms with van der Waals surface area (Å²) in [6.07, 6.45) is 8.52. The second-order valence-electron chi connectivity index (χ2n) is 6.16. The summed E-state index contributed by atoms with van der Waals surface area (Å²) in [5.41, 5.74) is 3.68. The molecular weight excluding hydrogens is 336 g/mol. The van der Waals surface area contributed by atoms with Crippen molar-refractivity contribution in [2.45, 2.75) is 6.61 Å². The Morgan fingerprint density at radius 1 is 1.04 bits per heavy atom. The summed E-state index contributed by atoms with van der Waals surface area (Å²) in [5.74, 6) is 0.740. The zero-order valence-corrected chi connectivity index (χ0v) is 14.6. The molecule has 27 heavy (non-hydrogen) atoms. The zero-order chi connectivity index (χ0) is 18.5. The first-order valence-corrected chi connectivity index (χ1v) is 8.70. The van der Waals surface area contributed by atoms with E-state index in [1.54, 1.807) is 30.6 Å². The van der Waals surface area contributed by atoms with Gasteiger partial charge in [0.1, 0.15) is 12.4 Å². The van der Waals surface area contributed by atoms with Crippen LogP contribution < -0.4 is 4.74 Å². The molecule has 0 saturated heterocycles. The third-order valence-electron chi connectivity index (χ3n) is 4.31. The molecule has 1 N–H and O–H groups in total. The van der Waals surface area contributed by atoms with E-state index in [4.69, 9.17) is 4.74 Å². The lowest BCUT2D eigenvalue weighted by atomic mass is 10.1. The molecule has 0 aliphatic rings. The van der Waals surface area contributed by atoms with Crippen LogP contribution in [-0.4, -0.2) is 15.8 Å². The van der Waals surface area contributed by atoms with Crippen LogP contribution >= 0.6 is 0 Å². The molecular formula is C23H18N2O2. The van der Waals surface area contributed by atoms with E-state index in [0.29, 0.717) is 12.2 Å². The molecule has 4 aromatic rings. The van der Waals surface area contributed by atoms with Gasteiger partial charge >= 0.3 is 0 Å². The van der Waals surface area contributed by atoms with Gasteiger partial charge in [0.25, 0.3) is 0 Å². The van der Waals surface area contributed by atoms with Gasteiger partial charge in [-0.1, -0.05) is 30.3 Å². The Morgan fingerprint density at radius 2 is 1.85 bits per heavy atom. The molecule has 4 nitrogen and oxygen atoms in total. The highest BCUT2D eigenvalue weighted by Gasteiger charge is 2.05. The summed E-state index contributed by atoms with van der Waals surface area (Å²) in [4.78, 5) is 19.4. The summed E-state index contributed by atoms with van der Waals surface area (Å²) in [6.45, 7) is 0.516. The number of fused-ring (bicyclic) bond motifs is 1. The molecule has 2 aromatic carbocycles. The van der Waals surface area contributed by atoms with E-state index >= 15 is 0 Å². The molecule has 2 aromatic heterocycles. The second-order valence-corrected chi connectivity index (χ2v) is 6.16. The lowest BCUT2D eigenvalue weighted by Crippen LogP contribution is -1.94. The quantitative estimate of drug-likeness (QED) is 0.390. The monoisotopic (exact) mass is 354 g/mol. The van der Waals surface area contributed by atoms with Crippen molar-refractivity contribution in [3.05, 3.63) is 102 Å². The van der Waals surface area contributed by atoms with Crippen molar-refractivity contribution in [3.8, 4) is 5.75 Å². The van der Waals surface area contributed by atoms with Gasteiger partial charge in [0.2, 0.25) is 0 Å². The van der Waals surface area contributed by atoms with Gasteiger partial charge in [-0.25, -0.2) is 0 Å². The van der Waals surface area contributed by atoms with Crippen LogP contribution in [0.25, 0.3) is 17.0 Å². The predicted octanol–water partition coefficient (Wildman–Crippen LogP) is 5.04. The van der Waals surface area contributed by atoms with Gasteiger partial charge in [-0.3, -0.25) is 9.78 Å². The topological polar surface area (TPSA) is 55.0 Å². The fourth-order valence-corrected chi connectivity index (χ4v) is 2.87. The van der Waals surface area contributed by atoms with Crippen molar-refractivity contribution in [1.29, 1.82) is 0 Å². The van der Waals surface area contributed by atoms with Crippen LogP contribution in [0, 0.1) is 0 Å². The lowest BCUT2D eigenvalue weighted by Gasteiger charge is -2.06. The minimum Gasteiger partial charge on any atom is -0.489 e. The minimum atomic E-state index is -0.0526. The van der Waals surface area contributed by atoms with Crippen molar-refractivity contribution >= 4 is 22.8 Å². The number of aromatic amines is 1. The average molecular weight is 354 g/mol. The molecule has 0 aliphatic carbocycles. The van der Waals surface area contributed by atoms with Crippen molar-refractivity contribution in [2.24, 2.45) is 0 Å². The summed E-state index contributed by atoms with van der Waals surface area (Å²) in [5, 5.41) is 1.01. The molecule has 0 fully saturated rings. The SMILES string of the molecule is O=C(C=Cc1c[nH]c2ccc(OCc3ccccc3)cc12)c1ccncc1. The molecule has 4 heteroatoms. The summed E-state index contributed by atoms with van der Waals surface area (Å²) in [6, 6.07) is 19.4. The number of allylic oxidation sites excluding steroid dienone is 1. The number of hydrogen-bond acceptors (Lipinski definition) is 3. The number of nitrogens with zero attached hydrogens (tertiary/aromatic N) is 1. The highest BCUT2D eigenvalue weighted by molar-refractivity contribution is 6.07. The van der Waals surface area contributed by atoms with E-state index in [-0.39, 0.29) is 5.78 Å². The number of rotatable bonds is 6. The van der Waals surface area contributed by atoms with Crippen LogP contribution in [0.3, 0.4) is 0 Å². The average Bonchev–Trinajstić information content (AvgIpc) is 3.14. The molecule has 4 rings (SSSR count). The standard InChI is InChI=1S/C23H18N2O2/c26-23(18-10-12-24-13-11-18)9-6-19-15-25-22-8-7-20(14-21(19)22)27-16-17-4-2-1-3-5-17/h1-15,25H,16H2. The van der Waals surface area contributed by atoms with Crippen LogP contribution in [0.5, 0.6) is 5.75 Å². The summed E-state index contributed by atoms with van der Waals surface area (Å²) >= 11 is 0. The van der Waals surface area contributed by atoms with E-state index < -0.39 is 0 Å². The lowest BCUT2D eigenvalue weighted by molar-refractivity contribution is 0.104. The number of ether oxygens (including phenoxy) is 1. The Bertz CT molecular complexity index is 1080. The number of pyridine rings is 1. The van der Waals surface area contributed by atoms with Gasteiger partial charge in [-0.2, -0.15) is 0 Å². The van der Waals surface area contributed by atoms with E-state index in [2.05, 4.69) is 9.97 Å². The Labute approximate surface area is 157 Å². The third-order valence-corrected chi connectivity index (χ3v) is 4.31. The molecule has 0 amide bonds. The molecule has 0 atom stereocenters. The molecule has 0 bridgehead atoms. The fourth-order valence-electron chi connectivity index (χ4n) is 2.87. The number of nitrogens with one attached hydrogen (secondary N) is 1. The van der Waals surface area contributed by atoms with Crippen LogP contribution in [0.1, 0.15) is 21.5 Å². The Kier molecular flexibility index (Phi) is 4.79. The van der Waals surface area contributed by atoms with Crippen LogP contribution in [-0.2, 0) is 6.61 Å². The van der Waals surface area contributed by atoms with Gasteiger partial charge in [0.05, 0.1) is 0 Å². The first-order valence-electron chi connectivity index (χ1n) is 8.70. The third kappa shape index (κ3) is 3.96. The Hall–Kier alpha value is -3.66. The number of ketones is 1. The first kappa shape index (κ1) is 16.8. The number of benzene rings is 2. The normalized spacial score (nSPS) is 11.1. The predicted molar refractivity (Wildman–Crippen MR) is 107 cm³/mol. The van der Waals surface area contributed by atoms with Crippen molar-refractivity contribution in [2.75, 3.05) is 0 Å².